The minimum atomic E-state index is 0.304. The molecule has 0 saturated carbocycles. The number of hydrogen-bond acceptors (Lipinski definition) is 4. The van der Waals surface area contributed by atoms with Crippen LogP contribution < -0.4 is 5.32 Å². The number of anilines is 1. The highest BCUT2D eigenvalue weighted by Crippen LogP contribution is 2.19. The molecule has 0 spiro atoms. The molecule has 1 heterocycles. The standard InChI is InChI=1S/C10H10N2O2/c1-7-12-9-3-2-8(11-4-5-13)6-10(9)14-7/h2-3,5-6,11H,4H2,1H3. The van der Waals surface area contributed by atoms with Crippen LogP contribution in [0.4, 0.5) is 5.69 Å². The monoisotopic (exact) mass is 190 g/mol. The van der Waals surface area contributed by atoms with Gasteiger partial charge in [-0.1, -0.05) is 0 Å². The molecule has 1 aromatic carbocycles. The zero-order valence-electron chi connectivity index (χ0n) is 7.78. The smallest absolute Gasteiger partial charge is 0.192 e. The van der Waals surface area contributed by atoms with Crippen LogP contribution in [0.25, 0.3) is 11.1 Å². The van der Waals surface area contributed by atoms with Crippen molar-refractivity contribution in [1.29, 1.82) is 0 Å². The number of aromatic nitrogens is 1. The highest BCUT2D eigenvalue weighted by molar-refractivity contribution is 5.77. The molecule has 0 bridgehead atoms. The van der Waals surface area contributed by atoms with E-state index in [-0.39, 0.29) is 0 Å². The van der Waals surface area contributed by atoms with E-state index in [1.54, 1.807) is 6.92 Å². The molecule has 2 aromatic rings. The summed E-state index contributed by atoms with van der Waals surface area (Å²) < 4.78 is 5.35. The third-order valence-electron chi connectivity index (χ3n) is 1.88. The normalized spacial score (nSPS) is 10.4. The average molecular weight is 190 g/mol. The molecule has 4 heteroatoms. The summed E-state index contributed by atoms with van der Waals surface area (Å²) in [5.41, 5.74) is 2.43. The molecule has 0 radical (unpaired) electrons. The fraction of sp³-hybridized carbons (Fsp3) is 0.200. The molecule has 1 aromatic heterocycles. The van der Waals surface area contributed by atoms with Gasteiger partial charge in [0.2, 0.25) is 0 Å². The summed E-state index contributed by atoms with van der Waals surface area (Å²) in [4.78, 5) is 14.3. The molecule has 0 saturated heterocycles. The van der Waals surface area contributed by atoms with Gasteiger partial charge in [0.25, 0.3) is 0 Å². The van der Waals surface area contributed by atoms with Gasteiger partial charge < -0.3 is 14.5 Å². The van der Waals surface area contributed by atoms with Crippen molar-refractivity contribution < 1.29 is 9.21 Å². The Morgan fingerprint density at radius 1 is 1.57 bits per heavy atom. The van der Waals surface area contributed by atoms with Crippen LogP contribution in [0.15, 0.2) is 22.6 Å². The number of aldehydes is 1. The summed E-state index contributed by atoms with van der Waals surface area (Å²) in [6.45, 7) is 2.11. The van der Waals surface area contributed by atoms with Crippen LogP contribution >= 0.6 is 0 Å². The number of fused-ring (bicyclic) bond motifs is 1. The lowest BCUT2D eigenvalue weighted by Crippen LogP contribution is -2.01. The summed E-state index contributed by atoms with van der Waals surface area (Å²) in [5.74, 6) is 0.646. The minimum Gasteiger partial charge on any atom is -0.441 e. The van der Waals surface area contributed by atoms with Crippen molar-refractivity contribution >= 4 is 23.1 Å². The van der Waals surface area contributed by atoms with Crippen molar-refractivity contribution in [2.75, 3.05) is 11.9 Å². The number of carbonyl (C=O) groups excluding carboxylic acids is 1. The third kappa shape index (κ3) is 1.59. The van der Waals surface area contributed by atoms with Crippen LogP contribution in [0.3, 0.4) is 0 Å². The van der Waals surface area contributed by atoms with E-state index in [2.05, 4.69) is 10.3 Å². The molecule has 0 amide bonds. The molecule has 2 rings (SSSR count). The first-order valence-corrected chi connectivity index (χ1v) is 4.34. The molecule has 0 aliphatic heterocycles. The van der Waals surface area contributed by atoms with Gasteiger partial charge in [-0.05, 0) is 12.1 Å². The van der Waals surface area contributed by atoms with Gasteiger partial charge in [-0.25, -0.2) is 4.98 Å². The number of rotatable bonds is 3. The van der Waals surface area contributed by atoms with E-state index in [1.165, 1.54) is 0 Å². The molecule has 0 aliphatic carbocycles. The Labute approximate surface area is 80.9 Å². The highest BCUT2D eigenvalue weighted by Gasteiger charge is 2.02. The Bertz CT molecular complexity index is 462. The molecule has 1 N–H and O–H groups in total. The van der Waals surface area contributed by atoms with E-state index in [1.807, 2.05) is 18.2 Å². The predicted octanol–water partition coefficient (Wildman–Crippen LogP) is 1.75. The van der Waals surface area contributed by atoms with E-state index in [4.69, 9.17) is 4.42 Å². The van der Waals surface area contributed by atoms with Crippen molar-refractivity contribution in [3.63, 3.8) is 0 Å². The second-order valence-corrected chi connectivity index (χ2v) is 2.96. The lowest BCUT2D eigenvalue weighted by molar-refractivity contribution is -0.106. The first kappa shape index (κ1) is 8.74. The number of carbonyl (C=O) groups is 1. The fourth-order valence-corrected chi connectivity index (χ4v) is 1.31. The minimum absolute atomic E-state index is 0.304. The summed E-state index contributed by atoms with van der Waals surface area (Å²) in [5, 5.41) is 2.94. The van der Waals surface area contributed by atoms with Gasteiger partial charge in [0.15, 0.2) is 11.5 Å². The molecule has 72 valence electrons. The summed E-state index contributed by atoms with van der Waals surface area (Å²) >= 11 is 0. The van der Waals surface area contributed by atoms with Gasteiger partial charge in [-0.3, -0.25) is 0 Å². The van der Waals surface area contributed by atoms with Gasteiger partial charge in [0.1, 0.15) is 11.8 Å². The lowest BCUT2D eigenvalue weighted by atomic mass is 10.3. The maximum Gasteiger partial charge on any atom is 0.192 e. The van der Waals surface area contributed by atoms with E-state index in [9.17, 15) is 4.79 Å². The van der Waals surface area contributed by atoms with Gasteiger partial charge in [0, 0.05) is 18.7 Å². The molecule has 0 aliphatic rings. The molecule has 0 fully saturated rings. The number of nitrogens with zero attached hydrogens (tertiary/aromatic N) is 1. The number of benzene rings is 1. The van der Waals surface area contributed by atoms with Crippen LogP contribution in [0.5, 0.6) is 0 Å². The maximum atomic E-state index is 10.1. The second kappa shape index (κ2) is 3.49. The lowest BCUT2D eigenvalue weighted by Gasteiger charge is -1.99. The van der Waals surface area contributed by atoms with Gasteiger partial charge >= 0.3 is 0 Å². The van der Waals surface area contributed by atoms with Crippen molar-refractivity contribution in [3.8, 4) is 0 Å². The molecule has 14 heavy (non-hydrogen) atoms. The first-order valence-electron chi connectivity index (χ1n) is 4.34. The third-order valence-corrected chi connectivity index (χ3v) is 1.88. The number of oxazole rings is 1. The number of hydrogen-bond donors (Lipinski definition) is 1. The van der Waals surface area contributed by atoms with E-state index in [0.29, 0.717) is 12.4 Å². The van der Waals surface area contributed by atoms with Gasteiger partial charge in [-0.15, -0.1) is 0 Å². The number of aryl methyl sites for hydroxylation is 1. The summed E-state index contributed by atoms with van der Waals surface area (Å²) in [6.07, 6.45) is 0.815. The van der Waals surface area contributed by atoms with E-state index < -0.39 is 0 Å². The Kier molecular flexibility index (Phi) is 2.18. The average Bonchev–Trinajstić information content (AvgIpc) is 2.54. The zero-order valence-corrected chi connectivity index (χ0v) is 7.78. The molecule has 0 atom stereocenters. The Morgan fingerprint density at radius 2 is 2.43 bits per heavy atom. The Balaban J connectivity index is 2.35. The largest absolute Gasteiger partial charge is 0.441 e. The van der Waals surface area contributed by atoms with Crippen LogP contribution in [-0.4, -0.2) is 17.8 Å². The zero-order chi connectivity index (χ0) is 9.97. The van der Waals surface area contributed by atoms with Crippen LogP contribution in [0.2, 0.25) is 0 Å². The second-order valence-electron chi connectivity index (χ2n) is 2.96. The quantitative estimate of drug-likeness (QED) is 0.749. The Hall–Kier alpha value is -1.84. The first-order chi connectivity index (χ1) is 6.79. The fourth-order valence-electron chi connectivity index (χ4n) is 1.31. The summed E-state index contributed by atoms with van der Waals surface area (Å²) in [7, 11) is 0. The number of nitrogens with one attached hydrogen (secondary N) is 1. The van der Waals surface area contributed by atoms with Crippen LogP contribution in [0.1, 0.15) is 5.89 Å². The predicted molar refractivity (Wildman–Crippen MR) is 53.3 cm³/mol. The molecular formula is C10H10N2O2. The van der Waals surface area contributed by atoms with Gasteiger partial charge in [0.05, 0.1) is 6.54 Å². The molecular weight excluding hydrogens is 180 g/mol. The van der Waals surface area contributed by atoms with Crippen LogP contribution in [0, 0.1) is 6.92 Å². The topological polar surface area (TPSA) is 55.1 Å². The van der Waals surface area contributed by atoms with Crippen molar-refractivity contribution in [2.24, 2.45) is 0 Å². The maximum absolute atomic E-state index is 10.1. The Morgan fingerprint density at radius 3 is 3.21 bits per heavy atom. The SMILES string of the molecule is Cc1nc2ccc(NCC=O)cc2o1. The van der Waals surface area contributed by atoms with Gasteiger partial charge in [-0.2, -0.15) is 0 Å². The van der Waals surface area contributed by atoms with Crippen molar-refractivity contribution in [2.45, 2.75) is 6.92 Å². The van der Waals surface area contributed by atoms with E-state index >= 15 is 0 Å². The molecule has 4 nitrogen and oxygen atoms in total. The van der Waals surface area contributed by atoms with Crippen molar-refractivity contribution in [1.82, 2.24) is 4.98 Å². The van der Waals surface area contributed by atoms with Crippen LogP contribution in [-0.2, 0) is 4.79 Å². The summed E-state index contributed by atoms with van der Waals surface area (Å²) in [6, 6.07) is 5.56. The van der Waals surface area contributed by atoms with E-state index in [0.717, 1.165) is 23.1 Å². The molecule has 0 unspecified atom stereocenters. The highest BCUT2D eigenvalue weighted by atomic mass is 16.3. The van der Waals surface area contributed by atoms with Crippen molar-refractivity contribution in [3.05, 3.63) is 24.1 Å².